The van der Waals surface area contributed by atoms with Crippen LogP contribution in [0, 0.1) is 17.8 Å². The summed E-state index contributed by atoms with van der Waals surface area (Å²) in [5.74, 6) is -2.28. The maximum Gasteiger partial charge on any atom is 0.309 e. The molecule has 3 aliphatic heterocycles. The molecule has 16 nitrogen and oxygen atoms in total. The molecule has 0 radical (unpaired) electrons. The van der Waals surface area contributed by atoms with Gasteiger partial charge < -0.3 is 52.7 Å². The first-order valence-electron chi connectivity index (χ1n) is 21.4. The van der Waals surface area contributed by atoms with Crippen LogP contribution in [0.3, 0.4) is 0 Å². The molecule has 0 aromatic rings. The van der Waals surface area contributed by atoms with Crippen LogP contribution in [0.15, 0.2) is 24.3 Å². The van der Waals surface area contributed by atoms with E-state index in [0.29, 0.717) is 25.2 Å². The van der Waals surface area contributed by atoms with Gasteiger partial charge in [0.1, 0.15) is 48.5 Å². The average Bonchev–Trinajstić information content (AvgIpc) is 3.16. The number of carbonyl (C=O) groups is 4. The first-order valence-corrected chi connectivity index (χ1v) is 21.4. The number of aldehydes is 1. The molecule has 1 unspecified atom stereocenters. The van der Waals surface area contributed by atoms with E-state index in [9.17, 15) is 24.3 Å². The lowest BCUT2D eigenvalue weighted by Gasteiger charge is -2.50. The third-order valence-electron chi connectivity index (χ3n) is 11.4. The molecule has 2 fully saturated rings. The minimum atomic E-state index is -1.36. The number of esters is 2. The van der Waals surface area contributed by atoms with E-state index in [0.717, 1.165) is 6.42 Å². The lowest BCUT2D eigenvalue weighted by Crippen LogP contribution is -2.66. The molecular weight excluding hydrogens is 782 g/mol. The number of cyclic esters (lactones) is 1. The molecule has 0 amide bonds. The summed E-state index contributed by atoms with van der Waals surface area (Å²) in [6, 6.07) is -0.729. The van der Waals surface area contributed by atoms with Gasteiger partial charge in [0.05, 0.1) is 37.9 Å². The van der Waals surface area contributed by atoms with Crippen molar-refractivity contribution >= 4 is 24.0 Å². The molecule has 3 aliphatic rings. The lowest BCUT2D eigenvalue weighted by molar-refractivity contribution is -0.407. The van der Waals surface area contributed by atoms with Crippen LogP contribution in [0.4, 0.5) is 0 Å². The van der Waals surface area contributed by atoms with Crippen LogP contribution in [-0.4, -0.2) is 148 Å². The largest absolute Gasteiger partial charge is 0.462 e. The topological polar surface area (TPSA) is 184 Å². The molecule has 0 aromatic heterocycles. The Morgan fingerprint density at radius 2 is 1.75 bits per heavy atom. The van der Waals surface area contributed by atoms with E-state index < -0.39 is 109 Å². The monoisotopic (exact) mass is 855 g/mol. The Morgan fingerprint density at radius 1 is 1.03 bits per heavy atom. The van der Waals surface area contributed by atoms with Gasteiger partial charge in [0.2, 0.25) is 0 Å². The van der Waals surface area contributed by atoms with Crippen LogP contribution >= 0.6 is 0 Å². The van der Waals surface area contributed by atoms with Crippen molar-refractivity contribution in [3.63, 3.8) is 0 Å². The van der Waals surface area contributed by atoms with Gasteiger partial charge in [-0.05, 0) is 72.5 Å². The van der Waals surface area contributed by atoms with Gasteiger partial charge in [-0.1, -0.05) is 45.9 Å². The summed E-state index contributed by atoms with van der Waals surface area (Å²) in [5, 5.41) is 12.2. The number of methoxy groups -OCH3 is 1. The van der Waals surface area contributed by atoms with Gasteiger partial charge in [-0.2, -0.15) is 0 Å². The Kier molecular flexibility index (Phi) is 21.4. The van der Waals surface area contributed by atoms with Gasteiger partial charge in [0.15, 0.2) is 18.4 Å². The van der Waals surface area contributed by atoms with Gasteiger partial charge in [-0.25, -0.2) is 9.78 Å². The van der Waals surface area contributed by atoms with E-state index in [4.69, 9.17) is 47.7 Å². The number of ketones is 1. The second-order valence-electron chi connectivity index (χ2n) is 17.2. The minimum absolute atomic E-state index is 0.00422. The number of likely N-dealkylation sites (N-methyl/N-ethyl adjacent to an activating group) is 1. The number of aliphatic hydroxyl groups excluding tert-OH is 1. The molecule has 1 N–H and O–H groups in total. The second-order valence-corrected chi connectivity index (χ2v) is 17.2. The fraction of sp³-hybridized carbons (Fsp3) is 0.818. The van der Waals surface area contributed by atoms with Crippen molar-refractivity contribution in [1.29, 1.82) is 0 Å². The Hall–Kier alpha value is -2.64. The predicted molar refractivity (Wildman–Crippen MR) is 219 cm³/mol. The number of ether oxygens (including phenoxy) is 8. The van der Waals surface area contributed by atoms with E-state index in [1.165, 1.54) is 20.3 Å². The number of allylic oxidation sites excluding steroid dienone is 3. The Morgan fingerprint density at radius 3 is 2.37 bits per heavy atom. The number of nitrogens with zero attached hydrogens (tertiary/aromatic N) is 1. The lowest BCUT2D eigenvalue weighted by atomic mass is 9.83. The molecular formula is C44H73NO15. The molecule has 0 aromatic carbocycles. The molecule has 0 saturated carbocycles. The SMILES string of the molecule is CCC(=O)O[C@@H]1CC(=O)O[C@H](C)C/C=C/C=C/C(=O)[C@H](C)C[C@H](CC=O)[C@H](O[C@@H]2O[C@H](C)[C@@H](O[C@H]3C[C@@](C)(OOC)[C@@H](OCCC(C)C)[C@H](C)O3)[C@H](N(C)C)[C@H]2O)C1OC. The van der Waals surface area contributed by atoms with E-state index in [1.54, 1.807) is 64.9 Å². The van der Waals surface area contributed by atoms with Crippen molar-refractivity contribution in [3.8, 4) is 0 Å². The normalized spacial score (nSPS) is 38.6. The van der Waals surface area contributed by atoms with Crippen molar-refractivity contribution in [2.45, 2.75) is 179 Å². The number of hydrogen-bond acceptors (Lipinski definition) is 16. The quantitative estimate of drug-likeness (QED) is 0.0977. The summed E-state index contributed by atoms with van der Waals surface area (Å²) in [4.78, 5) is 64.7. The van der Waals surface area contributed by atoms with Crippen LogP contribution in [-0.2, 0) is 66.8 Å². The van der Waals surface area contributed by atoms with Crippen LogP contribution in [0.5, 0.6) is 0 Å². The molecule has 3 rings (SSSR count). The van der Waals surface area contributed by atoms with Crippen molar-refractivity contribution in [2.75, 3.05) is 34.9 Å². The highest BCUT2D eigenvalue weighted by Crippen LogP contribution is 2.39. The molecule has 344 valence electrons. The maximum absolute atomic E-state index is 13.4. The molecule has 15 atom stereocenters. The summed E-state index contributed by atoms with van der Waals surface area (Å²) in [5.41, 5.74) is -0.940. The molecule has 0 aliphatic carbocycles. The van der Waals surface area contributed by atoms with E-state index >= 15 is 0 Å². The summed E-state index contributed by atoms with van der Waals surface area (Å²) in [6.45, 7) is 15.4. The van der Waals surface area contributed by atoms with E-state index in [2.05, 4.69) is 13.8 Å². The van der Waals surface area contributed by atoms with E-state index in [1.807, 2.05) is 13.8 Å². The molecule has 16 heteroatoms. The third kappa shape index (κ3) is 14.7. The van der Waals surface area contributed by atoms with E-state index in [-0.39, 0.29) is 31.5 Å². The standard InChI is InChI=1S/C44H73NO15/c1-13-34(48)57-33-24-35(49)54-28(5)17-15-14-16-18-32(47)27(4)23-31(19-21-46)40(41(33)51-11)59-43-38(50)37(45(9)10)39(29(6)56-43)58-36-25-44(8,60-52-12)42(30(7)55-36)53-22-20-26(2)3/h14-16,18,21,26-31,33,36-43,50H,13,17,19-20,22-25H2,1-12H3/b15-14+,18-16+/t27-,28-,29-,30+,31+,33-,36+,37-,38-,39-,40+,41?,42+,43+,44-/m1/s1. The highest BCUT2D eigenvalue weighted by Gasteiger charge is 2.53. The van der Waals surface area contributed by atoms with Crippen LogP contribution < -0.4 is 0 Å². The van der Waals surface area contributed by atoms with Gasteiger partial charge in [0, 0.05) is 45.3 Å². The predicted octanol–water partition coefficient (Wildman–Crippen LogP) is 4.67. The molecule has 3 heterocycles. The molecule has 2 saturated heterocycles. The van der Waals surface area contributed by atoms with Gasteiger partial charge >= 0.3 is 11.9 Å². The van der Waals surface area contributed by atoms with Crippen molar-refractivity contribution < 1.29 is 72.0 Å². The third-order valence-corrected chi connectivity index (χ3v) is 11.4. The number of carbonyl (C=O) groups excluding carboxylic acids is 4. The first kappa shape index (κ1) is 51.7. The fourth-order valence-corrected chi connectivity index (χ4v) is 8.27. The van der Waals surface area contributed by atoms with Crippen molar-refractivity contribution in [1.82, 2.24) is 4.90 Å². The zero-order chi connectivity index (χ0) is 44.7. The number of hydrogen-bond donors (Lipinski definition) is 1. The highest BCUT2D eigenvalue weighted by atomic mass is 17.2. The average molecular weight is 856 g/mol. The number of rotatable bonds is 16. The van der Waals surface area contributed by atoms with Crippen LogP contribution in [0.2, 0.25) is 0 Å². The van der Waals surface area contributed by atoms with Gasteiger partial charge in [0.25, 0.3) is 0 Å². The zero-order valence-corrected chi connectivity index (χ0v) is 37.8. The molecule has 0 spiro atoms. The Labute approximate surface area is 356 Å². The van der Waals surface area contributed by atoms with Crippen LogP contribution in [0.1, 0.15) is 100 Å². The zero-order valence-electron chi connectivity index (χ0n) is 37.8. The number of aliphatic hydroxyl groups is 1. The van der Waals surface area contributed by atoms with Crippen molar-refractivity contribution in [3.05, 3.63) is 24.3 Å². The highest BCUT2D eigenvalue weighted by molar-refractivity contribution is 5.91. The Bertz CT molecular complexity index is 1410. The molecule has 0 bridgehead atoms. The van der Waals surface area contributed by atoms with Gasteiger partial charge in [-0.3, -0.25) is 14.4 Å². The summed E-state index contributed by atoms with van der Waals surface area (Å²) >= 11 is 0. The van der Waals surface area contributed by atoms with Gasteiger partial charge in [-0.15, -0.1) is 0 Å². The Balaban J connectivity index is 2.01. The smallest absolute Gasteiger partial charge is 0.309 e. The fourth-order valence-electron chi connectivity index (χ4n) is 8.27. The molecule has 60 heavy (non-hydrogen) atoms. The summed E-state index contributed by atoms with van der Waals surface area (Å²) in [7, 11) is 6.41. The van der Waals surface area contributed by atoms with Crippen molar-refractivity contribution in [2.24, 2.45) is 17.8 Å². The maximum atomic E-state index is 13.4. The first-order chi connectivity index (χ1) is 28.4. The second kappa shape index (κ2) is 24.9. The summed E-state index contributed by atoms with van der Waals surface area (Å²) < 4.78 is 50.0. The minimum Gasteiger partial charge on any atom is -0.462 e. The summed E-state index contributed by atoms with van der Waals surface area (Å²) in [6.07, 6.45) is -1.54. The van der Waals surface area contributed by atoms with Crippen LogP contribution in [0.25, 0.3) is 0 Å².